The summed E-state index contributed by atoms with van der Waals surface area (Å²) in [6.07, 6.45) is 1.80. The van der Waals surface area contributed by atoms with Crippen LogP contribution in [0.2, 0.25) is 0 Å². The third-order valence-electron chi connectivity index (χ3n) is 3.04. The minimum atomic E-state index is 0.387. The van der Waals surface area contributed by atoms with Gasteiger partial charge in [0.25, 0.3) is 0 Å². The van der Waals surface area contributed by atoms with Crippen LogP contribution in [0.1, 0.15) is 22.8 Å². The molecule has 0 unspecified atom stereocenters. The van der Waals surface area contributed by atoms with E-state index in [1.54, 1.807) is 12.1 Å². The molecule has 0 aliphatic carbocycles. The van der Waals surface area contributed by atoms with E-state index in [9.17, 15) is 4.79 Å². The summed E-state index contributed by atoms with van der Waals surface area (Å²) in [7, 11) is 0. The highest BCUT2D eigenvalue weighted by molar-refractivity contribution is 9.10. The average Bonchev–Trinajstić information content (AvgIpc) is 2.53. The first-order chi connectivity index (χ1) is 10.2. The van der Waals surface area contributed by atoms with Gasteiger partial charge in [-0.1, -0.05) is 35.0 Å². The monoisotopic (exact) mass is 348 g/mol. The molecule has 110 valence electrons. The van der Waals surface area contributed by atoms with Crippen molar-refractivity contribution in [2.75, 3.05) is 13.2 Å². The van der Waals surface area contributed by atoms with Crippen molar-refractivity contribution in [3.63, 3.8) is 0 Å². The Kier molecular flexibility index (Phi) is 5.81. The van der Waals surface area contributed by atoms with Crippen LogP contribution in [0.25, 0.3) is 0 Å². The smallest absolute Gasteiger partial charge is 0.153 e. The average molecular weight is 349 g/mol. The van der Waals surface area contributed by atoms with E-state index in [2.05, 4.69) is 35.0 Å². The summed E-state index contributed by atoms with van der Waals surface area (Å²) in [5.41, 5.74) is 1.81. The van der Waals surface area contributed by atoms with Crippen molar-refractivity contribution in [3.8, 4) is 11.5 Å². The molecule has 0 spiro atoms. The van der Waals surface area contributed by atoms with Crippen LogP contribution in [0.5, 0.6) is 11.5 Å². The fourth-order valence-electron chi connectivity index (χ4n) is 1.88. The zero-order chi connectivity index (χ0) is 15.1. The molecule has 0 fully saturated rings. The Morgan fingerprint density at radius 1 is 1.05 bits per heavy atom. The number of hydrogen-bond donors (Lipinski definition) is 0. The van der Waals surface area contributed by atoms with Crippen molar-refractivity contribution in [3.05, 3.63) is 58.1 Å². The lowest BCUT2D eigenvalue weighted by molar-refractivity contribution is 0.111. The zero-order valence-corrected chi connectivity index (χ0v) is 13.4. The number of rotatable bonds is 7. The number of benzene rings is 2. The molecular formula is C17H17BrO3. The first kappa shape index (κ1) is 15.6. The predicted molar refractivity (Wildman–Crippen MR) is 86.3 cm³/mol. The molecule has 0 bridgehead atoms. The Morgan fingerprint density at radius 2 is 1.76 bits per heavy atom. The molecule has 0 saturated heterocycles. The van der Waals surface area contributed by atoms with Gasteiger partial charge in [0.15, 0.2) is 6.29 Å². The second-order valence-corrected chi connectivity index (χ2v) is 5.41. The maximum absolute atomic E-state index is 11.0. The Hall–Kier alpha value is -1.81. The number of carbonyl (C=O) groups is 1. The van der Waals surface area contributed by atoms with Crippen LogP contribution in [0, 0.1) is 0 Å². The lowest BCUT2D eigenvalue weighted by atomic mass is 10.2. The summed E-state index contributed by atoms with van der Waals surface area (Å²) in [6, 6.07) is 13.3. The standard InChI is InChI=1S/C17H17BrO3/c1-2-13-3-6-16(7-4-13)20-9-10-21-17-8-5-15(18)11-14(17)12-19/h3-8,11-12H,2,9-10H2,1H3. The van der Waals surface area contributed by atoms with Crippen LogP contribution in [-0.2, 0) is 6.42 Å². The normalized spacial score (nSPS) is 10.2. The molecule has 0 heterocycles. The first-order valence-electron chi connectivity index (χ1n) is 6.82. The third kappa shape index (κ3) is 4.60. The maximum Gasteiger partial charge on any atom is 0.153 e. The molecule has 2 aromatic carbocycles. The molecule has 0 aromatic heterocycles. The van der Waals surface area contributed by atoms with Crippen molar-refractivity contribution in [2.24, 2.45) is 0 Å². The zero-order valence-electron chi connectivity index (χ0n) is 11.8. The van der Waals surface area contributed by atoms with Crippen molar-refractivity contribution >= 4 is 22.2 Å². The van der Waals surface area contributed by atoms with Crippen LogP contribution in [-0.4, -0.2) is 19.5 Å². The van der Waals surface area contributed by atoms with E-state index in [4.69, 9.17) is 9.47 Å². The van der Waals surface area contributed by atoms with Gasteiger partial charge >= 0.3 is 0 Å². The Balaban J connectivity index is 1.82. The van der Waals surface area contributed by atoms with Gasteiger partial charge in [0, 0.05) is 4.47 Å². The molecule has 0 radical (unpaired) electrons. The van der Waals surface area contributed by atoms with Crippen molar-refractivity contribution in [1.82, 2.24) is 0 Å². The van der Waals surface area contributed by atoms with E-state index in [1.807, 2.05) is 18.2 Å². The molecular weight excluding hydrogens is 332 g/mol. The fourth-order valence-corrected chi connectivity index (χ4v) is 2.25. The Bertz CT molecular complexity index is 593. The lowest BCUT2D eigenvalue weighted by Gasteiger charge is -2.10. The number of ether oxygens (including phenoxy) is 2. The van der Waals surface area contributed by atoms with Gasteiger partial charge in [0.05, 0.1) is 5.56 Å². The van der Waals surface area contributed by atoms with Crippen molar-refractivity contribution < 1.29 is 14.3 Å². The van der Waals surface area contributed by atoms with E-state index < -0.39 is 0 Å². The molecule has 2 aromatic rings. The molecule has 0 aliphatic heterocycles. The van der Waals surface area contributed by atoms with Crippen molar-refractivity contribution in [2.45, 2.75) is 13.3 Å². The summed E-state index contributed by atoms with van der Waals surface area (Å²) < 4.78 is 12.0. The van der Waals surface area contributed by atoms with E-state index in [1.165, 1.54) is 5.56 Å². The molecule has 2 rings (SSSR count). The van der Waals surface area contributed by atoms with E-state index >= 15 is 0 Å². The number of aldehydes is 1. The van der Waals surface area contributed by atoms with Gasteiger partial charge in [0.1, 0.15) is 24.7 Å². The molecule has 0 aliphatic rings. The Morgan fingerprint density at radius 3 is 2.43 bits per heavy atom. The van der Waals surface area contributed by atoms with Gasteiger partial charge < -0.3 is 9.47 Å². The number of aryl methyl sites for hydroxylation is 1. The highest BCUT2D eigenvalue weighted by Crippen LogP contribution is 2.21. The number of hydrogen-bond acceptors (Lipinski definition) is 3. The van der Waals surface area contributed by atoms with Gasteiger partial charge in [0.2, 0.25) is 0 Å². The van der Waals surface area contributed by atoms with Gasteiger partial charge in [-0.3, -0.25) is 4.79 Å². The van der Waals surface area contributed by atoms with Crippen LogP contribution < -0.4 is 9.47 Å². The topological polar surface area (TPSA) is 35.5 Å². The summed E-state index contributed by atoms with van der Waals surface area (Å²) in [5, 5.41) is 0. The fraction of sp³-hybridized carbons (Fsp3) is 0.235. The lowest BCUT2D eigenvalue weighted by Crippen LogP contribution is -2.10. The minimum absolute atomic E-state index is 0.387. The van der Waals surface area contributed by atoms with E-state index in [0.717, 1.165) is 22.9 Å². The van der Waals surface area contributed by atoms with Crippen LogP contribution >= 0.6 is 15.9 Å². The minimum Gasteiger partial charge on any atom is -0.490 e. The van der Waals surface area contributed by atoms with Crippen LogP contribution in [0.3, 0.4) is 0 Å². The van der Waals surface area contributed by atoms with Crippen LogP contribution in [0.15, 0.2) is 46.9 Å². The first-order valence-corrected chi connectivity index (χ1v) is 7.61. The van der Waals surface area contributed by atoms with Gasteiger partial charge in [-0.05, 0) is 42.3 Å². The predicted octanol–water partition coefficient (Wildman–Crippen LogP) is 4.28. The molecule has 21 heavy (non-hydrogen) atoms. The summed E-state index contributed by atoms with van der Waals surface area (Å²) in [6.45, 7) is 2.93. The second kappa shape index (κ2) is 7.84. The van der Waals surface area contributed by atoms with Crippen LogP contribution in [0.4, 0.5) is 0 Å². The molecule has 0 N–H and O–H groups in total. The molecule has 4 heteroatoms. The van der Waals surface area contributed by atoms with E-state index in [0.29, 0.717) is 24.5 Å². The quantitative estimate of drug-likeness (QED) is 0.553. The van der Waals surface area contributed by atoms with Gasteiger partial charge in [-0.25, -0.2) is 0 Å². The SMILES string of the molecule is CCc1ccc(OCCOc2ccc(Br)cc2C=O)cc1. The molecule has 0 atom stereocenters. The number of carbonyl (C=O) groups excluding carboxylic acids is 1. The Labute approximate surface area is 133 Å². The summed E-state index contributed by atoms with van der Waals surface area (Å²) in [5.74, 6) is 1.39. The van der Waals surface area contributed by atoms with Crippen molar-refractivity contribution in [1.29, 1.82) is 0 Å². The van der Waals surface area contributed by atoms with E-state index in [-0.39, 0.29) is 0 Å². The van der Waals surface area contributed by atoms with Gasteiger partial charge in [-0.2, -0.15) is 0 Å². The number of halogens is 1. The second-order valence-electron chi connectivity index (χ2n) is 4.49. The highest BCUT2D eigenvalue weighted by Gasteiger charge is 2.03. The molecule has 3 nitrogen and oxygen atoms in total. The van der Waals surface area contributed by atoms with Gasteiger partial charge in [-0.15, -0.1) is 0 Å². The summed E-state index contributed by atoms with van der Waals surface area (Å²) in [4.78, 5) is 11.0. The third-order valence-corrected chi connectivity index (χ3v) is 3.53. The molecule has 0 amide bonds. The molecule has 0 saturated carbocycles. The maximum atomic E-state index is 11.0. The highest BCUT2D eigenvalue weighted by atomic mass is 79.9. The summed E-state index contributed by atoms with van der Waals surface area (Å²) >= 11 is 3.32. The largest absolute Gasteiger partial charge is 0.490 e.